The van der Waals surface area contributed by atoms with Crippen LogP contribution in [-0.4, -0.2) is 159 Å². The van der Waals surface area contributed by atoms with Gasteiger partial charge in [-0.15, -0.1) is 0 Å². The van der Waals surface area contributed by atoms with Crippen molar-refractivity contribution in [1.29, 1.82) is 0 Å². The second-order valence-corrected chi connectivity index (χ2v) is 25.1. The summed E-state index contributed by atoms with van der Waals surface area (Å²) in [7, 11) is 1.66. The van der Waals surface area contributed by atoms with E-state index in [1.807, 2.05) is 24.3 Å². The predicted octanol–water partition coefficient (Wildman–Crippen LogP) is 3.86. The van der Waals surface area contributed by atoms with E-state index in [4.69, 9.17) is 33.2 Å². The lowest BCUT2D eigenvalue weighted by molar-refractivity contribution is -0.393. The topological polar surface area (TPSA) is 256 Å². The zero-order valence-electron chi connectivity index (χ0n) is 44.5. The average molecular weight is 1030 g/mol. The fraction of sp³-hybridized carbons (Fsp3) is 0.839. The van der Waals surface area contributed by atoms with Gasteiger partial charge < -0.3 is 79.3 Å². The number of methoxy groups -OCH3 is 1. The number of hydrogen-bond acceptors (Lipinski definition) is 16. The normalized spacial score (nSPS) is 50.4. The molecule has 17 heteroatoms. The Morgan fingerprint density at radius 3 is 1.93 bits per heavy atom. The molecular formula is C56H87NO16. The standard InChI is InChI=1S/C56H87NO16/c1-27(2)31-17-22-56(51(66)57-25-30-13-11-12-14-33(30)67-10)24-23-54(8)32(38(31)56)15-16-36-53(7)20-19-37(52(5,6)35(53)18-21-55(36,54)9)71-50-47(73-49-44(64)42(62)40(60)29(4)69-49)45(65)46(34(26-58)70-50)72-48-43(63)41(61)39(59)28(3)68-48/h11-14,28-29,31-32,34-50,58-65H,1,15-26H2,2-10H3,(H,57,66)/t28-,29-,31-,32+,34+,35-,36+,37-,38+,39-,40-,41+,42+,43+,44+,45-,46+,47+,48-,49-,50-,53-,54+,55+,56-/m0/s1. The van der Waals surface area contributed by atoms with Gasteiger partial charge in [0.15, 0.2) is 18.9 Å². The van der Waals surface area contributed by atoms with Crippen LogP contribution in [0, 0.1) is 56.7 Å². The molecule has 412 valence electrons. The van der Waals surface area contributed by atoms with Gasteiger partial charge >= 0.3 is 0 Å². The minimum Gasteiger partial charge on any atom is -0.496 e. The van der Waals surface area contributed by atoms with E-state index >= 15 is 0 Å². The van der Waals surface area contributed by atoms with Crippen molar-refractivity contribution in [3.63, 3.8) is 0 Å². The van der Waals surface area contributed by atoms with Gasteiger partial charge in [0.05, 0.1) is 37.4 Å². The third-order valence-electron chi connectivity index (χ3n) is 21.4. The summed E-state index contributed by atoms with van der Waals surface area (Å²) in [5.41, 5.74) is 1.11. The van der Waals surface area contributed by atoms with Crippen LogP contribution >= 0.6 is 0 Å². The van der Waals surface area contributed by atoms with Gasteiger partial charge in [0.2, 0.25) is 5.91 Å². The van der Waals surface area contributed by atoms with E-state index in [2.05, 4.69) is 53.4 Å². The Labute approximate surface area is 431 Å². The highest BCUT2D eigenvalue weighted by Gasteiger charge is 2.72. The van der Waals surface area contributed by atoms with Crippen LogP contribution in [0.2, 0.25) is 0 Å². The van der Waals surface area contributed by atoms with Crippen molar-refractivity contribution in [2.24, 2.45) is 56.7 Å². The van der Waals surface area contributed by atoms with Gasteiger partial charge in [-0.05, 0) is 142 Å². The predicted molar refractivity (Wildman–Crippen MR) is 265 cm³/mol. The number of hydrogen-bond donors (Lipinski definition) is 9. The molecule has 9 rings (SSSR count). The molecule has 5 aliphatic carbocycles. The molecule has 25 atom stereocenters. The first-order valence-corrected chi connectivity index (χ1v) is 27.3. The van der Waals surface area contributed by atoms with Gasteiger partial charge in [-0.25, -0.2) is 0 Å². The smallest absolute Gasteiger partial charge is 0.226 e. The van der Waals surface area contributed by atoms with Crippen molar-refractivity contribution in [3.8, 4) is 5.75 Å². The first kappa shape index (κ1) is 55.4. The van der Waals surface area contributed by atoms with Crippen LogP contribution < -0.4 is 10.1 Å². The maximum atomic E-state index is 14.8. The monoisotopic (exact) mass is 1030 g/mol. The zero-order valence-corrected chi connectivity index (χ0v) is 44.5. The molecule has 1 aromatic rings. The molecule has 0 spiro atoms. The third kappa shape index (κ3) is 8.96. The van der Waals surface area contributed by atoms with E-state index in [0.717, 1.165) is 69.1 Å². The Kier molecular flexibility index (Phi) is 15.5. The molecule has 0 bridgehead atoms. The van der Waals surface area contributed by atoms with Gasteiger partial charge in [0, 0.05) is 12.1 Å². The summed E-state index contributed by atoms with van der Waals surface area (Å²) in [6, 6.07) is 7.87. The summed E-state index contributed by atoms with van der Waals surface area (Å²) in [6.07, 6.45) is -13.2. The van der Waals surface area contributed by atoms with E-state index < -0.39 is 116 Å². The average Bonchev–Trinajstić information content (AvgIpc) is 3.77. The molecule has 3 heterocycles. The lowest BCUT2D eigenvalue weighted by Crippen LogP contribution is -2.68. The van der Waals surface area contributed by atoms with Crippen molar-refractivity contribution < 1.29 is 78.8 Å². The highest BCUT2D eigenvalue weighted by atomic mass is 16.8. The van der Waals surface area contributed by atoms with Crippen LogP contribution in [0.15, 0.2) is 36.4 Å². The summed E-state index contributed by atoms with van der Waals surface area (Å²) in [5, 5.41) is 90.6. The quantitative estimate of drug-likeness (QED) is 0.106. The number of allylic oxidation sites excluding steroid dienone is 1. The SMILES string of the molecule is C=C(C)[C@@H]1CC[C@]2(C(=O)NCc3ccccc3OC)CC[C@]3(C)[C@H](CC[C@@H]4[C@@]5(C)CC[C@H](O[C@@H]6O[C@H](CO)[C@@H](O[C@@H]7O[C@@H](C)[C@H](O)[C@@H](O)[C@H]7O)[C@H](O)[C@H]6O[C@@H]6O[C@@H](C)[C@H](O)[C@@H](O)[C@H]6O)C(C)(C)[C@@H]5CC[C@]43C)[C@@H]12. The van der Waals surface area contributed by atoms with Gasteiger partial charge in [0.25, 0.3) is 0 Å². The third-order valence-corrected chi connectivity index (χ3v) is 21.4. The molecule has 73 heavy (non-hydrogen) atoms. The summed E-state index contributed by atoms with van der Waals surface area (Å²) >= 11 is 0. The summed E-state index contributed by atoms with van der Waals surface area (Å²) < 4.78 is 43.1. The molecule has 8 fully saturated rings. The highest BCUT2D eigenvalue weighted by molar-refractivity contribution is 5.84. The molecular weight excluding hydrogens is 943 g/mol. The maximum Gasteiger partial charge on any atom is 0.226 e. The number of fused-ring (bicyclic) bond motifs is 7. The molecule has 1 amide bonds. The second-order valence-electron chi connectivity index (χ2n) is 25.1. The number of rotatable bonds is 12. The fourth-order valence-corrected chi connectivity index (χ4v) is 17.1. The van der Waals surface area contributed by atoms with Crippen molar-refractivity contribution in [1.82, 2.24) is 5.32 Å². The lowest BCUT2D eigenvalue weighted by Gasteiger charge is -2.73. The zero-order chi connectivity index (χ0) is 52.9. The second kappa shape index (κ2) is 20.5. The molecule has 8 aliphatic rings. The van der Waals surface area contributed by atoms with Gasteiger partial charge in [0.1, 0.15) is 66.8 Å². The van der Waals surface area contributed by atoms with Crippen LogP contribution in [0.5, 0.6) is 5.75 Å². The van der Waals surface area contributed by atoms with Crippen LogP contribution in [0.3, 0.4) is 0 Å². The molecule has 3 aliphatic heterocycles. The maximum absolute atomic E-state index is 14.8. The van der Waals surface area contributed by atoms with Gasteiger partial charge in [-0.2, -0.15) is 0 Å². The Morgan fingerprint density at radius 1 is 0.685 bits per heavy atom. The van der Waals surface area contributed by atoms with E-state index in [0.29, 0.717) is 24.8 Å². The van der Waals surface area contributed by atoms with Crippen molar-refractivity contribution in [2.75, 3.05) is 13.7 Å². The number of aliphatic hydroxyl groups is 8. The van der Waals surface area contributed by atoms with Crippen molar-refractivity contribution in [3.05, 3.63) is 42.0 Å². The van der Waals surface area contributed by atoms with E-state index in [-0.39, 0.29) is 39.9 Å². The van der Waals surface area contributed by atoms with E-state index in [1.54, 1.807) is 7.11 Å². The van der Waals surface area contributed by atoms with Crippen LogP contribution in [-0.2, 0) is 39.8 Å². The van der Waals surface area contributed by atoms with Gasteiger partial charge in [-0.3, -0.25) is 4.79 Å². The minimum absolute atomic E-state index is 0.0102. The molecule has 1 aromatic carbocycles. The van der Waals surface area contributed by atoms with Crippen LogP contribution in [0.25, 0.3) is 0 Å². The van der Waals surface area contributed by atoms with E-state index in [9.17, 15) is 45.6 Å². The first-order chi connectivity index (χ1) is 34.4. The van der Waals surface area contributed by atoms with Gasteiger partial charge in [-0.1, -0.05) is 65.0 Å². The van der Waals surface area contributed by atoms with E-state index in [1.165, 1.54) is 19.4 Å². The number of benzene rings is 1. The Hall–Kier alpha value is -2.33. The number of ether oxygens (including phenoxy) is 7. The minimum atomic E-state index is -1.74. The summed E-state index contributed by atoms with van der Waals surface area (Å²) in [5.74, 6) is 2.35. The Balaban J connectivity index is 0.957. The summed E-state index contributed by atoms with van der Waals surface area (Å²) in [6.45, 7) is 21.5. The van der Waals surface area contributed by atoms with Crippen molar-refractivity contribution in [2.45, 2.75) is 224 Å². The Morgan fingerprint density at radius 2 is 1.32 bits per heavy atom. The molecule has 5 saturated carbocycles. The fourth-order valence-electron chi connectivity index (χ4n) is 17.1. The van der Waals surface area contributed by atoms with Crippen LogP contribution in [0.4, 0.5) is 0 Å². The number of aliphatic hydroxyl groups excluding tert-OH is 8. The molecule has 17 nitrogen and oxygen atoms in total. The largest absolute Gasteiger partial charge is 0.496 e. The molecule has 9 N–H and O–H groups in total. The number of para-hydroxylation sites is 1. The van der Waals surface area contributed by atoms with Crippen LogP contribution in [0.1, 0.15) is 125 Å². The molecule has 0 aromatic heterocycles. The lowest BCUT2D eigenvalue weighted by atomic mass is 9.32. The summed E-state index contributed by atoms with van der Waals surface area (Å²) in [4.78, 5) is 14.8. The number of carbonyl (C=O) groups is 1. The molecule has 3 saturated heterocycles. The van der Waals surface area contributed by atoms with Crippen molar-refractivity contribution >= 4 is 5.91 Å². The number of carbonyl (C=O) groups excluding carboxylic acids is 1. The molecule has 0 unspecified atom stereocenters. The first-order valence-electron chi connectivity index (χ1n) is 27.3. The number of nitrogens with one attached hydrogen (secondary N) is 1. The highest BCUT2D eigenvalue weighted by Crippen LogP contribution is 2.77. The molecule has 0 radical (unpaired) electrons. The Bertz CT molecular complexity index is 2150. The number of amides is 1.